The minimum atomic E-state index is -0.711. The molecule has 1 aliphatic rings. The van der Waals surface area contributed by atoms with Crippen LogP contribution in [0.3, 0.4) is 0 Å². The van der Waals surface area contributed by atoms with E-state index in [0.29, 0.717) is 13.0 Å². The molecule has 0 spiro atoms. The van der Waals surface area contributed by atoms with Crippen molar-refractivity contribution in [3.05, 3.63) is 18.2 Å². The van der Waals surface area contributed by atoms with E-state index >= 15 is 0 Å². The van der Waals surface area contributed by atoms with Crippen LogP contribution in [-0.4, -0.2) is 41.4 Å². The number of aromatic nitrogens is 2. The Bertz CT molecular complexity index is 478. The summed E-state index contributed by atoms with van der Waals surface area (Å²) in [4.78, 5) is 32.7. The van der Waals surface area contributed by atoms with Crippen LogP contribution < -0.4 is 4.90 Å². The maximum absolute atomic E-state index is 12.7. The molecule has 1 aromatic heterocycles. The Kier molecular flexibility index (Phi) is 4.03. The van der Waals surface area contributed by atoms with Gasteiger partial charge in [0.25, 0.3) is 0 Å². The summed E-state index contributed by atoms with van der Waals surface area (Å²) in [5.41, 5.74) is 0. The Balaban J connectivity index is 2.02. The lowest BCUT2D eigenvalue weighted by molar-refractivity contribution is -0.152. The van der Waals surface area contributed by atoms with E-state index in [0.717, 1.165) is 12.4 Å². The van der Waals surface area contributed by atoms with Gasteiger partial charge < -0.3 is 9.64 Å². The third-order valence-electron chi connectivity index (χ3n) is 2.88. The number of hydrogen-bond donors (Lipinski definition) is 0. The molecule has 0 bridgehead atoms. The lowest BCUT2D eigenvalue weighted by Gasteiger charge is -2.29. The third-order valence-corrected chi connectivity index (χ3v) is 2.88. The molecular weight excluding hydrogens is 253 g/mol. The van der Waals surface area contributed by atoms with Crippen LogP contribution in [0.1, 0.15) is 13.3 Å². The van der Waals surface area contributed by atoms with Crippen molar-refractivity contribution in [1.29, 1.82) is 0 Å². The van der Waals surface area contributed by atoms with Crippen molar-refractivity contribution >= 4 is 17.7 Å². The van der Waals surface area contributed by atoms with Crippen molar-refractivity contribution in [2.75, 3.05) is 24.6 Å². The largest absolute Gasteiger partial charge is 0.465 e. The summed E-state index contributed by atoms with van der Waals surface area (Å²) in [6, 6.07) is 0. The summed E-state index contributed by atoms with van der Waals surface area (Å²) in [7, 11) is 0. The lowest BCUT2D eigenvalue weighted by Crippen LogP contribution is -2.44. The van der Waals surface area contributed by atoms with Gasteiger partial charge >= 0.3 is 5.97 Å². The van der Waals surface area contributed by atoms with Gasteiger partial charge in [-0.25, -0.2) is 14.4 Å². The molecule has 1 aliphatic heterocycles. The third kappa shape index (κ3) is 3.04. The standard InChI is InChI=1S/C12H14FN3O3/c1-2-19-11(18)9-3-4-16(7-10(9)17)12-14-5-8(13)6-15-12/h5-6,9H,2-4,7H2,1H3. The number of carbonyl (C=O) groups is 2. The second kappa shape index (κ2) is 5.73. The molecule has 1 fully saturated rings. The SMILES string of the molecule is CCOC(=O)C1CCN(c2ncc(F)cn2)CC1=O. The average molecular weight is 267 g/mol. The minimum absolute atomic E-state index is 0.0368. The fourth-order valence-corrected chi connectivity index (χ4v) is 1.95. The number of carbonyl (C=O) groups excluding carboxylic acids is 2. The minimum Gasteiger partial charge on any atom is -0.465 e. The molecule has 0 aliphatic carbocycles. The topological polar surface area (TPSA) is 72.4 Å². The van der Waals surface area contributed by atoms with Crippen LogP contribution in [0.4, 0.5) is 10.3 Å². The fraction of sp³-hybridized carbons (Fsp3) is 0.500. The van der Waals surface area contributed by atoms with Crippen LogP contribution in [0.15, 0.2) is 12.4 Å². The van der Waals surface area contributed by atoms with E-state index in [2.05, 4.69) is 9.97 Å². The normalized spacial score (nSPS) is 19.4. The maximum Gasteiger partial charge on any atom is 0.316 e. The van der Waals surface area contributed by atoms with Gasteiger partial charge in [0.05, 0.1) is 25.5 Å². The van der Waals surface area contributed by atoms with Gasteiger partial charge in [-0.1, -0.05) is 0 Å². The first kappa shape index (κ1) is 13.4. The second-order valence-corrected chi connectivity index (χ2v) is 4.18. The monoisotopic (exact) mass is 267 g/mol. The second-order valence-electron chi connectivity index (χ2n) is 4.18. The number of esters is 1. The first-order valence-corrected chi connectivity index (χ1v) is 6.03. The summed E-state index contributed by atoms with van der Waals surface area (Å²) < 4.78 is 17.6. The highest BCUT2D eigenvalue weighted by molar-refractivity contribution is 6.01. The smallest absolute Gasteiger partial charge is 0.316 e. The van der Waals surface area contributed by atoms with Crippen LogP contribution in [-0.2, 0) is 14.3 Å². The maximum atomic E-state index is 12.7. The number of nitrogens with zero attached hydrogens (tertiary/aromatic N) is 3. The molecule has 102 valence electrons. The van der Waals surface area contributed by atoms with Gasteiger partial charge in [-0.3, -0.25) is 9.59 Å². The number of hydrogen-bond acceptors (Lipinski definition) is 6. The van der Waals surface area contributed by atoms with Crippen molar-refractivity contribution in [3.8, 4) is 0 Å². The zero-order chi connectivity index (χ0) is 13.8. The Morgan fingerprint density at radius 1 is 1.53 bits per heavy atom. The summed E-state index contributed by atoms with van der Waals surface area (Å²) in [5.74, 6) is -1.66. The zero-order valence-electron chi connectivity index (χ0n) is 10.5. The zero-order valence-corrected chi connectivity index (χ0v) is 10.5. The molecule has 1 atom stereocenters. The highest BCUT2D eigenvalue weighted by Gasteiger charge is 2.34. The summed E-state index contributed by atoms with van der Waals surface area (Å²) in [6.45, 7) is 2.45. The molecule has 7 heteroatoms. The predicted molar refractivity (Wildman–Crippen MR) is 64.0 cm³/mol. The molecule has 0 saturated carbocycles. The molecular formula is C12H14FN3O3. The molecule has 19 heavy (non-hydrogen) atoms. The number of halogens is 1. The first-order valence-electron chi connectivity index (χ1n) is 6.03. The Morgan fingerprint density at radius 2 is 2.21 bits per heavy atom. The highest BCUT2D eigenvalue weighted by atomic mass is 19.1. The Hall–Kier alpha value is -2.05. The van der Waals surface area contributed by atoms with Crippen molar-refractivity contribution in [1.82, 2.24) is 9.97 Å². The van der Waals surface area contributed by atoms with E-state index in [1.54, 1.807) is 11.8 Å². The van der Waals surface area contributed by atoms with Crippen LogP contribution in [0.2, 0.25) is 0 Å². The fourth-order valence-electron chi connectivity index (χ4n) is 1.95. The molecule has 1 unspecified atom stereocenters. The van der Waals surface area contributed by atoms with E-state index in [1.165, 1.54) is 0 Å². The molecule has 0 amide bonds. The quantitative estimate of drug-likeness (QED) is 0.589. The molecule has 2 rings (SSSR count). The van der Waals surface area contributed by atoms with E-state index in [4.69, 9.17) is 4.74 Å². The van der Waals surface area contributed by atoms with Gasteiger partial charge in [-0.15, -0.1) is 0 Å². The lowest BCUT2D eigenvalue weighted by atomic mass is 9.96. The summed E-state index contributed by atoms with van der Waals surface area (Å²) >= 11 is 0. The number of rotatable bonds is 3. The van der Waals surface area contributed by atoms with Crippen molar-refractivity contribution < 1.29 is 18.7 Å². The van der Waals surface area contributed by atoms with E-state index < -0.39 is 17.7 Å². The van der Waals surface area contributed by atoms with Gasteiger partial charge in [0, 0.05) is 6.54 Å². The highest BCUT2D eigenvalue weighted by Crippen LogP contribution is 2.19. The van der Waals surface area contributed by atoms with Crippen LogP contribution in [0.25, 0.3) is 0 Å². The van der Waals surface area contributed by atoms with Crippen LogP contribution in [0, 0.1) is 11.7 Å². The van der Waals surface area contributed by atoms with Crippen molar-refractivity contribution in [2.24, 2.45) is 5.92 Å². The van der Waals surface area contributed by atoms with E-state index in [-0.39, 0.29) is 24.9 Å². The van der Waals surface area contributed by atoms with Gasteiger partial charge in [-0.05, 0) is 13.3 Å². The van der Waals surface area contributed by atoms with Crippen LogP contribution >= 0.6 is 0 Å². The predicted octanol–water partition coefficient (Wildman–Crippen LogP) is 0.574. The van der Waals surface area contributed by atoms with Gasteiger partial charge in [0.1, 0.15) is 5.92 Å². The van der Waals surface area contributed by atoms with Gasteiger partial charge in [-0.2, -0.15) is 0 Å². The van der Waals surface area contributed by atoms with E-state index in [1.807, 2.05) is 0 Å². The molecule has 1 saturated heterocycles. The number of ether oxygens (including phenoxy) is 1. The molecule has 0 aromatic carbocycles. The molecule has 2 heterocycles. The molecule has 0 N–H and O–H groups in total. The van der Waals surface area contributed by atoms with E-state index in [9.17, 15) is 14.0 Å². The Labute approximate surface area is 109 Å². The molecule has 1 aromatic rings. The van der Waals surface area contributed by atoms with Gasteiger partial charge in [0.15, 0.2) is 11.6 Å². The molecule has 6 nitrogen and oxygen atoms in total. The van der Waals surface area contributed by atoms with Gasteiger partial charge in [0.2, 0.25) is 5.95 Å². The number of ketones is 1. The number of piperidine rings is 1. The average Bonchev–Trinajstić information content (AvgIpc) is 2.39. The first-order chi connectivity index (χ1) is 9.11. The number of Topliss-reactive ketones (excluding diaryl/α,β-unsaturated/α-hetero) is 1. The van der Waals surface area contributed by atoms with Crippen LogP contribution in [0.5, 0.6) is 0 Å². The molecule has 0 radical (unpaired) electrons. The summed E-state index contributed by atoms with van der Waals surface area (Å²) in [6.07, 6.45) is 2.45. The number of anilines is 1. The Morgan fingerprint density at radius 3 is 2.79 bits per heavy atom. The van der Waals surface area contributed by atoms with Crippen molar-refractivity contribution in [3.63, 3.8) is 0 Å². The van der Waals surface area contributed by atoms with Crippen molar-refractivity contribution in [2.45, 2.75) is 13.3 Å². The summed E-state index contributed by atoms with van der Waals surface area (Å²) in [5, 5.41) is 0.